The van der Waals surface area contributed by atoms with E-state index in [2.05, 4.69) is 40.7 Å². The van der Waals surface area contributed by atoms with Crippen molar-refractivity contribution in [1.29, 1.82) is 0 Å². The highest BCUT2D eigenvalue weighted by atomic mass is 35.5. The molecule has 0 spiro atoms. The second kappa shape index (κ2) is 5.87. The van der Waals surface area contributed by atoms with Crippen molar-refractivity contribution in [3.05, 3.63) is 23.0 Å². The molecule has 4 nitrogen and oxygen atoms in total. The molecule has 1 N–H and O–H groups in total. The number of hydrogen-bond donors (Lipinski definition) is 1. The van der Waals surface area contributed by atoms with E-state index < -0.39 is 0 Å². The van der Waals surface area contributed by atoms with Crippen molar-refractivity contribution in [2.24, 2.45) is 18.0 Å². The van der Waals surface area contributed by atoms with E-state index in [0.29, 0.717) is 6.04 Å². The first-order valence-corrected chi connectivity index (χ1v) is 7.22. The summed E-state index contributed by atoms with van der Waals surface area (Å²) < 4.78 is 2.06. The molecule has 0 bridgehead atoms. The molecule has 0 radical (unpaired) electrons. The maximum atomic E-state index is 6.02. The minimum atomic E-state index is 0.588. The van der Waals surface area contributed by atoms with E-state index in [1.807, 2.05) is 19.3 Å². The van der Waals surface area contributed by atoms with Crippen LogP contribution in [0.3, 0.4) is 0 Å². The molecule has 1 aliphatic rings. The summed E-state index contributed by atoms with van der Waals surface area (Å²) in [6.45, 7) is 5.92. The molecule has 1 aliphatic carbocycles. The predicted octanol–water partition coefficient (Wildman–Crippen LogP) is 2.48. The van der Waals surface area contributed by atoms with Crippen LogP contribution in [0.15, 0.2) is 17.3 Å². The summed E-state index contributed by atoms with van der Waals surface area (Å²) in [5.41, 5.74) is 1.18. The third kappa shape index (κ3) is 3.66. The first kappa shape index (κ1) is 14.3. The van der Waals surface area contributed by atoms with Crippen LogP contribution in [-0.4, -0.2) is 35.1 Å². The molecule has 5 heteroatoms. The lowest BCUT2D eigenvalue weighted by atomic mass is 10.4. The number of aryl methyl sites for hydroxylation is 1. The Morgan fingerprint density at radius 1 is 1.63 bits per heavy atom. The van der Waals surface area contributed by atoms with Crippen molar-refractivity contribution < 1.29 is 0 Å². The summed E-state index contributed by atoms with van der Waals surface area (Å²) in [6.07, 6.45) is 3.17. The van der Waals surface area contributed by atoms with Crippen LogP contribution in [0.4, 0.5) is 0 Å². The van der Waals surface area contributed by atoms with Gasteiger partial charge >= 0.3 is 0 Å². The molecule has 1 fully saturated rings. The van der Waals surface area contributed by atoms with Gasteiger partial charge < -0.3 is 14.8 Å². The van der Waals surface area contributed by atoms with Crippen LogP contribution in [-0.2, 0) is 13.6 Å². The average molecular weight is 283 g/mol. The molecule has 19 heavy (non-hydrogen) atoms. The van der Waals surface area contributed by atoms with Crippen molar-refractivity contribution in [2.45, 2.75) is 32.9 Å². The molecule has 2 atom stereocenters. The SMILES string of the molecule is CCN=C(NC1CC1C)N(C)Cc1cc(Cl)cn1C. The van der Waals surface area contributed by atoms with Gasteiger partial charge in [-0.25, -0.2) is 0 Å². The third-order valence-electron chi connectivity index (χ3n) is 3.57. The van der Waals surface area contributed by atoms with Gasteiger partial charge in [0.25, 0.3) is 0 Å². The number of aliphatic imine (C=N–C) groups is 1. The minimum absolute atomic E-state index is 0.588. The zero-order valence-corrected chi connectivity index (χ0v) is 12.9. The normalized spacial score (nSPS) is 22.5. The van der Waals surface area contributed by atoms with Crippen molar-refractivity contribution in [3.63, 3.8) is 0 Å². The van der Waals surface area contributed by atoms with Gasteiger partial charge in [-0.1, -0.05) is 18.5 Å². The summed E-state index contributed by atoms with van der Waals surface area (Å²) >= 11 is 6.02. The maximum absolute atomic E-state index is 6.02. The van der Waals surface area contributed by atoms with E-state index in [0.717, 1.165) is 30.0 Å². The van der Waals surface area contributed by atoms with E-state index in [1.165, 1.54) is 12.1 Å². The summed E-state index contributed by atoms with van der Waals surface area (Å²) in [5.74, 6) is 1.74. The first-order valence-electron chi connectivity index (χ1n) is 6.84. The van der Waals surface area contributed by atoms with Gasteiger partial charge in [0.2, 0.25) is 0 Å². The van der Waals surface area contributed by atoms with Crippen molar-refractivity contribution in [1.82, 2.24) is 14.8 Å². The lowest BCUT2D eigenvalue weighted by molar-refractivity contribution is 0.458. The van der Waals surface area contributed by atoms with Gasteiger partial charge in [0, 0.05) is 38.6 Å². The van der Waals surface area contributed by atoms with Crippen molar-refractivity contribution in [3.8, 4) is 0 Å². The molecule has 2 rings (SSSR count). The Kier molecular flexibility index (Phi) is 4.40. The number of nitrogens with zero attached hydrogens (tertiary/aromatic N) is 3. The highest BCUT2D eigenvalue weighted by molar-refractivity contribution is 6.30. The monoisotopic (exact) mass is 282 g/mol. The summed E-state index contributed by atoms with van der Waals surface area (Å²) in [7, 11) is 4.08. The van der Waals surface area contributed by atoms with Gasteiger partial charge in [-0.2, -0.15) is 0 Å². The smallest absolute Gasteiger partial charge is 0.194 e. The van der Waals surface area contributed by atoms with E-state index in [-0.39, 0.29) is 0 Å². The lowest BCUT2D eigenvalue weighted by Gasteiger charge is -2.22. The van der Waals surface area contributed by atoms with Crippen LogP contribution in [0.1, 0.15) is 26.0 Å². The summed E-state index contributed by atoms with van der Waals surface area (Å²) in [6, 6.07) is 2.59. The van der Waals surface area contributed by atoms with Crippen LogP contribution < -0.4 is 5.32 Å². The fourth-order valence-corrected chi connectivity index (χ4v) is 2.43. The minimum Gasteiger partial charge on any atom is -0.353 e. The quantitative estimate of drug-likeness (QED) is 0.680. The number of rotatable bonds is 4. The predicted molar refractivity (Wildman–Crippen MR) is 80.6 cm³/mol. The molecular formula is C14H23ClN4. The Hall–Kier alpha value is -1.16. The third-order valence-corrected chi connectivity index (χ3v) is 3.77. The molecular weight excluding hydrogens is 260 g/mol. The van der Waals surface area contributed by atoms with Gasteiger partial charge in [-0.3, -0.25) is 4.99 Å². The Balaban J connectivity index is 2.01. The Morgan fingerprint density at radius 2 is 2.32 bits per heavy atom. The molecule has 0 saturated heterocycles. The zero-order valence-electron chi connectivity index (χ0n) is 12.2. The number of nitrogens with one attached hydrogen (secondary N) is 1. The number of halogens is 1. The van der Waals surface area contributed by atoms with Crippen LogP contribution in [0.2, 0.25) is 5.02 Å². The summed E-state index contributed by atoms with van der Waals surface area (Å²) in [4.78, 5) is 6.71. The summed E-state index contributed by atoms with van der Waals surface area (Å²) in [5, 5.41) is 4.30. The number of hydrogen-bond acceptors (Lipinski definition) is 1. The van der Waals surface area contributed by atoms with Crippen LogP contribution in [0, 0.1) is 5.92 Å². The van der Waals surface area contributed by atoms with E-state index in [9.17, 15) is 0 Å². The van der Waals surface area contributed by atoms with Gasteiger partial charge in [-0.05, 0) is 25.3 Å². The van der Waals surface area contributed by atoms with E-state index in [1.54, 1.807) is 0 Å². The highest BCUT2D eigenvalue weighted by Gasteiger charge is 2.33. The first-order chi connectivity index (χ1) is 9.01. The fourth-order valence-electron chi connectivity index (χ4n) is 2.16. The van der Waals surface area contributed by atoms with Crippen molar-refractivity contribution in [2.75, 3.05) is 13.6 Å². The second-order valence-corrected chi connectivity index (χ2v) is 5.81. The number of aromatic nitrogens is 1. The van der Waals surface area contributed by atoms with E-state index in [4.69, 9.17) is 11.6 Å². The molecule has 1 heterocycles. The Morgan fingerprint density at radius 3 is 2.79 bits per heavy atom. The molecule has 0 amide bonds. The van der Waals surface area contributed by atoms with Crippen LogP contribution >= 0.6 is 11.6 Å². The van der Waals surface area contributed by atoms with Gasteiger partial charge in [0.15, 0.2) is 5.96 Å². The Bertz CT molecular complexity index is 466. The number of guanidine groups is 1. The fraction of sp³-hybridized carbons (Fsp3) is 0.643. The maximum Gasteiger partial charge on any atom is 0.194 e. The topological polar surface area (TPSA) is 32.6 Å². The zero-order chi connectivity index (χ0) is 14.0. The average Bonchev–Trinajstić information content (AvgIpc) is 2.93. The molecule has 1 aromatic heterocycles. The van der Waals surface area contributed by atoms with Crippen molar-refractivity contribution >= 4 is 17.6 Å². The van der Waals surface area contributed by atoms with E-state index >= 15 is 0 Å². The molecule has 0 aromatic carbocycles. The standard InChI is InChI=1S/C14H23ClN4/c1-5-16-14(17-13-6-10(13)2)19(4)9-12-7-11(15)8-18(12)3/h7-8,10,13H,5-6,9H2,1-4H3,(H,16,17). The molecule has 2 unspecified atom stereocenters. The Labute approximate surface area is 120 Å². The molecule has 1 aromatic rings. The molecule has 1 saturated carbocycles. The lowest BCUT2D eigenvalue weighted by Crippen LogP contribution is -2.40. The molecule has 106 valence electrons. The highest BCUT2D eigenvalue weighted by Crippen LogP contribution is 2.29. The van der Waals surface area contributed by atoms with Crippen LogP contribution in [0.5, 0.6) is 0 Å². The van der Waals surface area contributed by atoms with Gasteiger partial charge in [0.05, 0.1) is 11.6 Å². The molecule has 0 aliphatic heterocycles. The largest absolute Gasteiger partial charge is 0.353 e. The second-order valence-electron chi connectivity index (χ2n) is 5.38. The van der Waals surface area contributed by atoms with Gasteiger partial charge in [0.1, 0.15) is 0 Å². The van der Waals surface area contributed by atoms with Gasteiger partial charge in [-0.15, -0.1) is 0 Å². The van der Waals surface area contributed by atoms with Crippen LogP contribution in [0.25, 0.3) is 0 Å².